The molecule has 0 aromatic carbocycles. The Hall–Kier alpha value is -3.36. The van der Waals surface area contributed by atoms with Crippen molar-refractivity contribution in [1.29, 1.82) is 0 Å². The molecule has 0 unspecified atom stereocenters. The first kappa shape index (κ1) is 16.5. The Kier molecular flexibility index (Phi) is 4.64. The van der Waals surface area contributed by atoms with Crippen LogP contribution in [0.15, 0.2) is 53.0 Å². The molecule has 0 aliphatic heterocycles. The third-order valence-electron chi connectivity index (χ3n) is 3.46. The van der Waals surface area contributed by atoms with Gasteiger partial charge in [-0.3, -0.25) is 4.79 Å². The maximum Gasteiger partial charge on any atom is 0.238 e. The van der Waals surface area contributed by atoms with E-state index in [4.69, 9.17) is 4.74 Å². The number of pyridine rings is 1. The van der Waals surface area contributed by atoms with Gasteiger partial charge in [-0.25, -0.2) is 14.7 Å². The Bertz CT molecular complexity index is 883. The number of ether oxygens (including phenoxy) is 1. The Morgan fingerprint density at radius 2 is 2.08 bits per heavy atom. The first-order valence-electron chi connectivity index (χ1n) is 7.61. The van der Waals surface area contributed by atoms with Crippen LogP contribution < -0.4 is 15.5 Å². The Labute approximate surface area is 143 Å². The number of aromatic nitrogens is 3. The number of carbonyl (C=O) groups excluding carboxylic acids is 1. The molecule has 0 atom stereocenters. The van der Waals surface area contributed by atoms with Crippen LogP contribution >= 0.6 is 0 Å². The van der Waals surface area contributed by atoms with Crippen molar-refractivity contribution in [2.75, 3.05) is 0 Å². The van der Waals surface area contributed by atoms with Gasteiger partial charge in [0.15, 0.2) is 5.49 Å². The lowest BCUT2D eigenvalue weighted by Crippen LogP contribution is -2.26. The number of hydrogen-bond acceptors (Lipinski definition) is 7. The third kappa shape index (κ3) is 4.34. The van der Waals surface area contributed by atoms with Crippen molar-refractivity contribution in [3.8, 4) is 11.8 Å². The number of nitrogens with zero attached hydrogens (tertiary/aromatic N) is 5. The minimum Gasteiger partial charge on any atom is -0.419 e. The summed E-state index contributed by atoms with van der Waals surface area (Å²) in [7, 11) is 1.69. The minimum atomic E-state index is -0.0522. The quantitative estimate of drug-likeness (QED) is 0.807. The summed E-state index contributed by atoms with van der Waals surface area (Å²) < 4.78 is 6.99. The highest BCUT2D eigenvalue weighted by molar-refractivity contribution is 5.82. The molecule has 1 aliphatic rings. The molecule has 0 bridgehead atoms. The van der Waals surface area contributed by atoms with Crippen molar-refractivity contribution in [2.45, 2.75) is 12.8 Å². The molecule has 1 amide bonds. The Balaban J connectivity index is 1.70. The highest BCUT2D eigenvalue weighted by Crippen LogP contribution is 2.28. The predicted molar refractivity (Wildman–Crippen MR) is 88.5 cm³/mol. The fourth-order valence-electron chi connectivity index (χ4n) is 2.00. The lowest BCUT2D eigenvalue weighted by atomic mass is 10.4. The first-order chi connectivity index (χ1) is 12.0. The van der Waals surface area contributed by atoms with Crippen LogP contribution in [0.1, 0.15) is 12.8 Å². The normalized spacial score (nSPS) is 14.0. The predicted octanol–water partition coefficient (Wildman–Crippen LogP) is 1.90. The molecule has 9 heteroatoms. The standard InChI is InChI=1S/C16H16N6O3/c1-10(19-16(23)11-3-4-11)18-13-6-8-15(20-22(13)2)25-14-7-5-12(21-24)9-17-14/h5-9,11H,1,3-4H2,2H3,(H,19,23)/b18-13-. The van der Waals surface area contributed by atoms with Crippen LogP contribution in [0.2, 0.25) is 0 Å². The van der Waals surface area contributed by atoms with Gasteiger partial charge < -0.3 is 10.1 Å². The lowest BCUT2D eigenvalue weighted by molar-refractivity contribution is -0.121. The van der Waals surface area contributed by atoms with E-state index >= 15 is 0 Å². The van der Waals surface area contributed by atoms with E-state index in [1.165, 1.54) is 23.0 Å². The highest BCUT2D eigenvalue weighted by Gasteiger charge is 2.29. The van der Waals surface area contributed by atoms with Crippen LogP contribution in [0.5, 0.6) is 11.8 Å². The molecule has 1 aliphatic carbocycles. The van der Waals surface area contributed by atoms with E-state index in [1.807, 2.05) is 0 Å². The van der Waals surface area contributed by atoms with Crippen LogP contribution in [0, 0.1) is 10.8 Å². The van der Waals surface area contributed by atoms with E-state index in [1.54, 1.807) is 19.2 Å². The van der Waals surface area contributed by atoms with E-state index < -0.39 is 0 Å². The monoisotopic (exact) mass is 340 g/mol. The molecule has 0 saturated heterocycles. The van der Waals surface area contributed by atoms with Gasteiger partial charge in [0.1, 0.15) is 11.5 Å². The van der Waals surface area contributed by atoms with Gasteiger partial charge in [0.25, 0.3) is 0 Å². The molecule has 3 rings (SSSR count). The van der Waals surface area contributed by atoms with E-state index in [0.717, 1.165) is 12.8 Å². The summed E-state index contributed by atoms with van der Waals surface area (Å²) in [5.41, 5.74) is 0.716. The van der Waals surface area contributed by atoms with E-state index in [0.29, 0.717) is 11.4 Å². The van der Waals surface area contributed by atoms with Gasteiger partial charge in [0.2, 0.25) is 17.7 Å². The number of hydrogen-bond donors (Lipinski definition) is 1. The molecule has 2 heterocycles. The summed E-state index contributed by atoms with van der Waals surface area (Å²) in [4.78, 5) is 30.2. The van der Waals surface area contributed by atoms with E-state index in [2.05, 4.69) is 32.1 Å². The summed E-state index contributed by atoms with van der Waals surface area (Å²) in [5, 5.41) is 9.65. The maximum absolute atomic E-state index is 11.7. The van der Waals surface area contributed by atoms with E-state index in [-0.39, 0.29) is 29.2 Å². The van der Waals surface area contributed by atoms with E-state index in [9.17, 15) is 9.70 Å². The van der Waals surface area contributed by atoms with Gasteiger partial charge in [-0.15, -0.1) is 10.0 Å². The SMILES string of the molecule is C=C(/N=c1/ccc(Oc2ccc(N=O)cn2)nn1C)NC(=O)C1CC1. The number of nitrogens with one attached hydrogen (secondary N) is 1. The second-order valence-corrected chi connectivity index (χ2v) is 5.52. The summed E-state index contributed by atoms with van der Waals surface area (Å²) in [6, 6.07) is 6.30. The third-order valence-corrected chi connectivity index (χ3v) is 3.46. The van der Waals surface area contributed by atoms with Crippen molar-refractivity contribution >= 4 is 11.6 Å². The molecule has 1 N–H and O–H groups in total. The molecule has 2 aromatic rings. The zero-order valence-corrected chi connectivity index (χ0v) is 13.5. The average molecular weight is 340 g/mol. The van der Waals surface area contributed by atoms with Crippen LogP contribution in [0.4, 0.5) is 5.69 Å². The topological polar surface area (TPSA) is 111 Å². The van der Waals surface area contributed by atoms with Gasteiger partial charge in [-0.1, -0.05) is 6.58 Å². The molecular weight excluding hydrogens is 324 g/mol. The van der Waals surface area contributed by atoms with Crippen LogP contribution in [-0.2, 0) is 11.8 Å². The number of aryl methyl sites for hydroxylation is 1. The molecule has 0 radical (unpaired) electrons. The summed E-state index contributed by atoms with van der Waals surface area (Å²) in [6.45, 7) is 3.73. The minimum absolute atomic E-state index is 0.0522. The molecule has 2 aromatic heterocycles. The molecule has 1 fully saturated rings. The van der Waals surface area contributed by atoms with Crippen molar-refractivity contribution in [3.05, 3.63) is 53.3 Å². The number of amides is 1. The fraction of sp³-hybridized carbons (Fsp3) is 0.250. The first-order valence-corrected chi connectivity index (χ1v) is 7.61. The van der Waals surface area contributed by atoms with Crippen molar-refractivity contribution in [2.24, 2.45) is 23.1 Å². The van der Waals surface area contributed by atoms with Gasteiger partial charge >= 0.3 is 0 Å². The van der Waals surface area contributed by atoms with Gasteiger partial charge in [0, 0.05) is 25.1 Å². The largest absolute Gasteiger partial charge is 0.419 e. The van der Waals surface area contributed by atoms with Crippen molar-refractivity contribution in [3.63, 3.8) is 0 Å². The average Bonchev–Trinajstić information content (AvgIpc) is 3.43. The number of nitroso groups, excluding NO2 is 1. The second kappa shape index (κ2) is 7.04. The molecule has 0 spiro atoms. The second-order valence-electron chi connectivity index (χ2n) is 5.52. The van der Waals surface area contributed by atoms with Crippen LogP contribution in [-0.4, -0.2) is 20.7 Å². The Morgan fingerprint density at radius 3 is 2.68 bits per heavy atom. The molecule has 128 valence electrons. The fourth-order valence-corrected chi connectivity index (χ4v) is 2.00. The molecule has 9 nitrogen and oxygen atoms in total. The lowest BCUT2D eigenvalue weighted by Gasteiger charge is -2.06. The number of carbonyl (C=O) groups is 1. The summed E-state index contributed by atoms with van der Waals surface area (Å²) in [5.74, 6) is 0.882. The molecule has 25 heavy (non-hydrogen) atoms. The van der Waals surface area contributed by atoms with Crippen molar-refractivity contribution < 1.29 is 9.53 Å². The van der Waals surface area contributed by atoms with Gasteiger partial charge in [-0.2, -0.15) is 0 Å². The van der Waals surface area contributed by atoms with Gasteiger partial charge in [0.05, 0.1) is 6.20 Å². The zero-order chi connectivity index (χ0) is 17.8. The molecular formula is C16H16N6O3. The number of rotatable bonds is 6. The smallest absolute Gasteiger partial charge is 0.238 e. The maximum atomic E-state index is 11.7. The summed E-state index contributed by atoms with van der Waals surface area (Å²) >= 11 is 0. The summed E-state index contributed by atoms with van der Waals surface area (Å²) in [6.07, 6.45) is 3.13. The van der Waals surface area contributed by atoms with Crippen LogP contribution in [0.25, 0.3) is 0 Å². The Morgan fingerprint density at radius 1 is 1.32 bits per heavy atom. The zero-order valence-electron chi connectivity index (χ0n) is 13.5. The highest BCUT2D eigenvalue weighted by atomic mass is 16.5. The van der Waals surface area contributed by atoms with Crippen molar-refractivity contribution in [1.82, 2.24) is 20.1 Å². The van der Waals surface area contributed by atoms with Gasteiger partial charge in [-0.05, 0) is 30.2 Å². The molecule has 1 saturated carbocycles. The van der Waals surface area contributed by atoms with Crippen LogP contribution in [0.3, 0.4) is 0 Å².